The summed E-state index contributed by atoms with van der Waals surface area (Å²) in [5.74, 6) is -0.153. The van der Waals surface area contributed by atoms with E-state index < -0.39 is 5.82 Å². The summed E-state index contributed by atoms with van der Waals surface area (Å²) in [4.78, 5) is 18.9. The zero-order chi connectivity index (χ0) is 20.8. The molecule has 1 atom stereocenters. The largest absolute Gasteiger partial charge is 0.391 e. The molecule has 5 rings (SSSR count). The molecule has 1 unspecified atom stereocenters. The smallest absolute Gasteiger partial charge is 0.255 e. The first-order valence-corrected chi connectivity index (χ1v) is 9.55. The van der Waals surface area contributed by atoms with Crippen LogP contribution in [0.1, 0.15) is 28.0 Å². The van der Waals surface area contributed by atoms with E-state index in [-0.39, 0.29) is 35.4 Å². The molecule has 1 saturated heterocycles. The van der Waals surface area contributed by atoms with E-state index in [0.717, 1.165) is 0 Å². The highest BCUT2D eigenvalue weighted by molar-refractivity contribution is 6.01. The average Bonchev–Trinajstić information content (AvgIpc) is 3.47. The number of hydrogen-bond acceptors (Lipinski definition) is 6. The average molecular weight is 404 g/mol. The lowest BCUT2D eigenvalue weighted by atomic mass is 10.0. The van der Waals surface area contributed by atoms with E-state index in [0.29, 0.717) is 42.3 Å². The fraction of sp³-hybridized carbons (Fsp3) is 0.238. The number of aromatic nitrogens is 3. The Kier molecular flexibility index (Phi) is 4.22. The van der Waals surface area contributed by atoms with Gasteiger partial charge in [0.05, 0.1) is 52.5 Å². The zero-order valence-electron chi connectivity index (χ0n) is 15.8. The number of pyridine rings is 1. The lowest BCUT2D eigenvalue weighted by Gasteiger charge is -2.14. The zero-order valence-corrected chi connectivity index (χ0v) is 15.8. The molecule has 8 nitrogen and oxygen atoms in total. The van der Waals surface area contributed by atoms with E-state index in [4.69, 9.17) is 0 Å². The molecule has 0 aliphatic carbocycles. The Balaban J connectivity index is 1.66. The van der Waals surface area contributed by atoms with Gasteiger partial charge in [0.1, 0.15) is 5.82 Å². The Hall–Kier alpha value is -3.77. The van der Waals surface area contributed by atoms with Crippen LogP contribution in [-0.2, 0) is 6.54 Å². The standard InChI is InChI=1S/C21H17FN6O2/c22-14-3-1-2-12(9-23)19(14)15-8-17(20-16(25-15)10-24-21(20)30)28-7-5-18(26-28)27-6-4-13(29)11-27/h1-3,5,7-8,13,29H,4,6,10-11H2,(H,24,30). The van der Waals surface area contributed by atoms with Gasteiger partial charge in [0.15, 0.2) is 5.82 Å². The van der Waals surface area contributed by atoms with Crippen LogP contribution in [-0.4, -0.2) is 45.0 Å². The SMILES string of the molecule is N#Cc1cccc(F)c1-c1cc(-n2ccc(N3CCC(O)C3)n2)c2c(n1)CNC2=O. The molecule has 2 aliphatic heterocycles. The molecule has 0 spiro atoms. The van der Waals surface area contributed by atoms with Crippen LogP contribution < -0.4 is 10.2 Å². The summed E-state index contributed by atoms with van der Waals surface area (Å²) in [5.41, 5.74) is 1.85. The van der Waals surface area contributed by atoms with Gasteiger partial charge in [-0.25, -0.2) is 14.1 Å². The van der Waals surface area contributed by atoms with Gasteiger partial charge < -0.3 is 15.3 Å². The summed E-state index contributed by atoms with van der Waals surface area (Å²) in [6.45, 7) is 1.41. The van der Waals surface area contributed by atoms with Crippen LogP contribution in [0.25, 0.3) is 16.9 Å². The molecular weight excluding hydrogens is 387 g/mol. The molecule has 2 aliphatic rings. The van der Waals surface area contributed by atoms with Crippen molar-refractivity contribution in [2.75, 3.05) is 18.0 Å². The van der Waals surface area contributed by atoms with Gasteiger partial charge in [0.25, 0.3) is 5.91 Å². The van der Waals surface area contributed by atoms with Gasteiger partial charge in [-0.2, -0.15) is 10.4 Å². The first-order valence-electron chi connectivity index (χ1n) is 9.55. The van der Waals surface area contributed by atoms with Crippen LogP contribution in [0.5, 0.6) is 0 Å². The molecule has 2 N–H and O–H groups in total. The molecule has 1 aromatic carbocycles. The minimum absolute atomic E-state index is 0.0958. The lowest BCUT2D eigenvalue weighted by Crippen LogP contribution is -2.21. The number of rotatable bonds is 3. The fourth-order valence-electron chi connectivity index (χ4n) is 3.96. The third-order valence-corrected chi connectivity index (χ3v) is 5.42. The molecule has 0 saturated carbocycles. The van der Waals surface area contributed by atoms with Crippen LogP contribution in [0, 0.1) is 17.1 Å². The number of fused-ring (bicyclic) bond motifs is 1. The maximum atomic E-state index is 14.6. The normalized spacial score (nSPS) is 17.7. The van der Waals surface area contributed by atoms with Crippen molar-refractivity contribution in [3.05, 3.63) is 59.2 Å². The van der Waals surface area contributed by atoms with Crippen LogP contribution in [0.15, 0.2) is 36.5 Å². The second-order valence-corrected chi connectivity index (χ2v) is 7.31. The van der Waals surface area contributed by atoms with Crippen LogP contribution in [0.4, 0.5) is 10.2 Å². The Labute approximate surface area is 171 Å². The molecule has 9 heteroatoms. The number of halogens is 1. The van der Waals surface area contributed by atoms with Crippen LogP contribution in [0.3, 0.4) is 0 Å². The van der Waals surface area contributed by atoms with Crippen molar-refractivity contribution in [2.45, 2.75) is 19.1 Å². The Morgan fingerprint density at radius 3 is 2.93 bits per heavy atom. The van der Waals surface area contributed by atoms with E-state index in [2.05, 4.69) is 15.4 Å². The monoisotopic (exact) mass is 404 g/mol. The summed E-state index contributed by atoms with van der Waals surface area (Å²) >= 11 is 0. The quantitative estimate of drug-likeness (QED) is 0.689. The summed E-state index contributed by atoms with van der Waals surface area (Å²) in [6, 6.07) is 9.67. The minimum Gasteiger partial charge on any atom is -0.391 e. The van der Waals surface area contributed by atoms with Crippen molar-refractivity contribution in [1.82, 2.24) is 20.1 Å². The second-order valence-electron chi connectivity index (χ2n) is 7.31. The van der Waals surface area contributed by atoms with Crippen LogP contribution in [0.2, 0.25) is 0 Å². The molecule has 0 bridgehead atoms. The van der Waals surface area contributed by atoms with E-state index in [1.807, 2.05) is 11.0 Å². The topological polar surface area (TPSA) is 107 Å². The Morgan fingerprint density at radius 1 is 1.30 bits per heavy atom. The molecule has 150 valence electrons. The van der Waals surface area contributed by atoms with E-state index in [1.54, 1.807) is 23.0 Å². The van der Waals surface area contributed by atoms with Crippen molar-refractivity contribution in [1.29, 1.82) is 5.26 Å². The Bertz CT molecular complexity index is 1210. The van der Waals surface area contributed by atoms with E-state index >= 15 is 0 Å². The number of nitriles is 1. The number of carbonyl (C=O) groups is 1. The summed E-state index contributed by atoms with van der Waals surface area (Å²) in [5, 5.41) is 26.5. The number of nitrogens with one attached hydrogen (secondary N) is 1. The highest BCUT2D eigenvalue weighted by Gasteiger charge is 2.29. The number of carbonyl (C=O) groups excluding carboxylic acids is 1. The van der Waals surface area contributed by atoms with Gasteiger partial charge in [-0.3, -0.25) is 4.79 Å². The van der Waals surface area contributed by atoms with Crippen molar-refractivity contribution in [3.63, 3.8) is 0 Å². The number of benzene rings is 1. The summed E-state index contributed by atoms with van der Waals surface area (Å²) < 4.78 is 16.2. The second kappa shape index (κ2) is 6.93. The molecule has 0 radical (unpaired) electrons. The predicted octanol–water partition coefficient (Wildman–Crippen LogP) is 1.76. The molecule has 1 fully saturated rings. The number of aliphatic hydroxyl groups excluding tert-OH is 1. The molecule has 2 aromatic heterocycles. The summed E-state index contributed by atoms with van der Waals surface area (Å²) in [6.07, 6.45) is 2.01. The summed E-state index contributed by atoms with van der Waals surface area (Å²) in [7, 11) is 0. The molecule has 4 heterocycles. The first kappa shape index (κ1) is 18.3. The fourth-order valence-corrected chi connectivity index (χ4v) is 3.96. The number of nitrogens with zero attached hydrogens (tertiary/aromatic N) is 5. The number of amides is 1. The predicted molar refractivity (Wildman–Crippen MR) is 105 cm³/mol. The van der Waals surface area contributed by atoms with Gasteiger partial charge in [0.2, 0.25) is 0 Å². The van der Waals surface area contributed by atoms with Crippen LogP contribution >= 0.6 is 0 Å². The number of anilines is 1. The van der Waals surface area contributed by atoms with Crippen molar-refractivity contribution < 1.29 is 14.3 Å². The van der Waals surface area contributed by atoms with Gasteiger partial charge in [0, 0.05) is 25.4 Å². The van der Waals surface area contributed by atoms with Crippen molar-refractivity contribution in [2.24, 2.45) is 0 Å². The number of aliphatic hydroxyl groups is 1. The third-order valence-electron chi connectivity index (χ3n) is 5.42. The molecular formula is C21H17FN6O2. The maximum absolute atomic E-state index is 14.6. The lowest BCUT2D eigenvalue weighted by molar-refractivity contribution is 0.0965. The highest BCUT2D eigenvalue weighted by atomic mass is 19.1. The van der Waals surface area contributed by atoms with Gasteiger partial charge in [-0.05, 0) is 24.6 Å². The number of hydrogen-bond donors (Lipinski definition) is 2. The van der Waals surface area contributed by atoms with Gasteiger partial charge >= 0.3 is 0 Å². The van der Waals surface area contributed by atoms with Crippen molar-refractivity contribution >= 4 is 11.7 Å². The highest BCUT2D eigenvalue weighted by Crippen LogP contribution is 2.31. The molecule has 30 heavy (non-hydrogen) atoms. The number of β-amino-alcohol motifs (C(OH)–C–C–N with tert-alkyl or cyclic N) is 1. The van der Waals surface area contributed by atoms with Gasteiger partial charge in [-0.15, -0.1) is 0 Å². The Morgan fingerprint density at radius 2 is 2.17 bits per heavy atom. The molecule has 1 amide bonds. The first-order chi connectivity index (χ1) is 14.5. The maximum Gasteiger partial charge on any atom is 0.255 e. The third kappa shape index (κ3) is 2.89. The van der Waals surface area contributed by atoms with Crippen molar-refractivity contribution in [3.8, 4) is 23.0 Å². The van der Waals surface area contributed by atoms with Gasteiger partial charge in [-0.1, -0.05) is 6.07 Å². The van der Waals surface area contributed by atoms with E-state index in [9.17, 15) is 19.6 Å². The molecule has 3 aromatic rings. The minimum atomic E-state index is -0.558. The van der Waals surface area contributed by atoms with E-state index in [1.165, 1.54) is 18.2 Å².